The topological polar surface area (TPSA) is 29.0 Å². The monoisotopic (exact) mass is 173 g/mol. The van der Waals surface area contributed by atoms with Crippen molar-refractivity contribution in [3.8, 4) is 0 Å². The van der Waals surface area contributed by atoms with Gasteiger partial charge in [-0.3, -0.25) is 0 Å². The summed E-state index contributed by atoms with van der Waals surface area (Å²) in [5, 5.41) is 0.294. The summed E-state index contributed by atoms with van der Waals surface area (Å²) in [6.07, 6.45) is 3.19. The molecule has 0 radical (unpaired) electrons. The van der Waals surface area contributed by atoms with Gasteiger partial charge in [-0.2, -0.15) is 0 Å². The summed E-state index contributed by atoms with van der Waals surface area (Å²) < 4.78 is 0. The van der Waals surface area contributed by atoms with Crippen LogP contribution < -0.4 is 0 Å². The van der Waals surface area contributed by atoms with Crippen LogP contribution in [0, 0.1) is 0 Å². The van der Waals surface area contributed by atoms with Gasteiger partial charge in [0.25, 0.3) is 0 Å². The highest BCUT2D eigenvalue weighted by Crippen LogP contribution is 1.92. The van der Waals surface area contributed by atoms with Crippen molar-refractivity contribution in [2.45, 2.75) is 0 Å². The summed E-state index contributed by atoms with van der Waals surface area (Å²) in [6, 6.07) is 1.71. The first kappa shape index (κ1) is 10.3. The smallest absolute Gasteiger partial charge is 0.222 e. The second kappa shape index (κ2) is 6.07. The van der Waals surface area contributed by atoms with E-state index in [4.69, 9.17) is 11.6 Å². The van der Waals surface area contributed by atoms with Gasteiger partial charge in [0.05, 0.1) is 0 Å². The molecule has 0 unspecified atom stereocenters. The molecule has 0 saturated carbocycles. The first-order valence-electron chi connectivity index (χ1n) is 3.16. The van der Waals surface area contributed by atoms with Crippen molar-refractivity contribution in [3.05, 3.63) is 23.7 Å². The minimum absolute atomic E-state index is 0.294. The Hall–Kier alpha value is -0.670. The van der Waals surface area contributed by atoms with Crippen LogP contribution in [0.1, 0.15) is 0 Å². The van der Waals surface area contributed by atoms with Crippen LogP contribution in [0.3, 0.4) is 0 Å². The van der Waals surface area contributed by atoms with E-state index in [2.05, 4.69) is 9.97 Å². The number of nitrogens with zero attached hydrogens (tertiary/aromatic N) is 3. The Balaban J connectivity index is 0.000000218. The van der Waals surface area contributed by atoms with Crippen LogP contribution in [-0.4, -0.2) is 36.0 Å². The lowest BCUT2D eigenvalue weighted by atomic mass is 10.7. The molecule has 0 aliphatic carbocycles. The van der Waals surface area contributed by atoms with E-state index in [1.165, 1.54) is 0 Å². The Morgan fingerprint density at radius 3 is 1.73 bits per heavy atom. The molecule has 0 aliphatic heterocycles. The average Bonchev–Trinajstić information content (AvgIpc) is 1.87. The molecule has 0 aromatic carbocycles. The summed E-state index contributed by atoms with van der Waals surface area (Å²) in [6.45, 7) is 0. The fourth-order valence-electron chi connectivity index (χ4n) is 0.281. The highest BCUT2D eigenvalue weighted by molar-refractivity contribution is 6.28. The van der Waals surface area contributed by atoms with E-state index in [0.29, 0.717) is 5.28 Å². The third-order valence-corrected chi connectivity index (χ3v) is 0.729. The molecule has 0 fully saturated rings. The highest BCUT2D eigenvalue weighted by atomic mass is 35.5. The van der Waals surface area contributed by atoms with Crippen molar-refractivity contribution >= 4 is 11.6 Å². The predicted octanol–water partition coefficient (Wildman–Crippen LogP) is 1.31. The zero-order valence-electron chi connectivity index (χ0n) is 6.95. The van der Waals surface area contributed by atoms with E-state index in [0.717, 1.165) is 0 Å². The first-order valence-corrected chi connectivity index (χ1v) is 3.54. The van der Waals surface area contributed by atoms with Crippen LogP contribution in [-0.2, 0) is 0 Å². The highest BCUT2D eigenvalue weighted by Gasteiger charge is 1.78. The van der Waals surface area contributed by atoms with Crippen molar-refractivity contribution < 1.29 is 0 Å². The van der Waals surface area contributed by atoms with Crippen molar-refractivity contribution in [3.63, 3.8) is 0 Å². The van der Waals surface area contributed by atoms with Gasteiger partial charge in [-0.15, -0.1) is 0 Å². The Morgan fingerprint density at radius 1 is 1.18 bits per heavy atom. The SMILES string of the molecule is CN(C)C.Clc1ncccn1. The fraction of sp³-hybridized carbons (Fsp3) is 0.429. The second-order valence-corrected chi connectivity index (χ2v) is 2.70. The molecule has 0 N–H and O–H groups in total. The lowest BCUT2D eigenvalue weighted by molar-refractivity contribution is 0.505. The molecule has 1 aromatic heterocycles. The summed E-state index contributed by atoms with van der Waals surface area (Å²) >= 11 is 5.32. The fourth-order valence-corrected chi connectivity index (χ4v) is 0.394. The van der Waals surface area contributed by atoms with Crippen molar-refractivity contribution in [2.75, 3.05) is 21.1 Å². The quantitative estimate of drug-likeness (QED) is 0.554. The van der Waals surface area contributed by atoms with Gasteiger partial charge < -0.3 is 4.90 Å². The van der Waals surface area contributed by atoms with Gasteiger partial charge in [0.15, 0.2) is 0 Å². The van der Waals surface area contributed by atoms with Gasteiger partial charge in [-0.05, 0) is 38.8 Å². The van der Waals surface area contributed by atoms with Gasteiger partial charge in [0.2, 0.25) is 5.28 Å². The van der Waals surface area contributed by atoms with Crippen LogP contribution in [0.2, 0.25) is 5.28 Å². The number of hydrogen-bond donors (Lipinski definition) is 0. The van der Waals surface area contributed by atoms with Gasteiger partial charge in [0, 0.05) is 12.4 Å². The van der Waals surface area contributed by atoms with Crippen LogP contribution >= 0.6 is 11.6 Å². The molecule has 62 valence electrons. The van der Waals surface area contributed by atoms with Gasteiger partial charge in [0.1, 0.15) is 0 Å². The number of rotatable bonds is 0. The minimum atomic E-state index is 0.294. The van der Waals surface area contributed by atoms with E-state index < -0.39 is 0 Å². The van der Waals surface area contributed by atoms with Crippen molar-refractivity contribution in [1.82, 2.24) is 14.9 Å². The maximum Gasteiger partial charge on any atom is 0.222 e. The first-order chi connectivity index (χ1) is 5.13. The molecule has 0 spiro atoms. The molecule has 0 saturated heterocycles. The standard InChI is InChI=1S/C4H3ClN2.C3H9N/c5-4-6-2-1-3-7-4;1-4(2)3/h1-3H;1-3H3. The Bertz CT molecular complexity index is 174. The van der Waals surface area contributed by atoms with E-state index in [1.54, 1.807) is 18.5 Å². The third kappa shape index (κ3) is 9.33. The molecule has 0 amide bonds. The van der Waals surface area contributed by atoms with E-state index in [9.17, 15) is 0 Å². The molecule has 11 heavy (non-hydrogen) atoms. The largest absolute Gasteiger partial charge is 0.312 e. The number of halogens is 1. The number of aromatic nitrogens is 2. The zero-order valence-corrected chi connectivity index (χ0v) is 7.71. The van der Waals surface area contributed by atoms with E-state index in [-0.39, 0.29) is 0 Å². The van der Waals surface area contributed by atoms with Crippen LogP contribution in [0.15, 0.2) is 18.5 Å². The normalized spacial score (nSPS) is 8.82. The lowest BCUT2D eigenvalue weighted by Crippen LogP contribution is -1.99. The number of hydrogen-bond acceptors (Lipinski definition) is 3. The molecular formula is C7H12ClN3. The van der Waals surface area contributed by atoms with E-state index in [1.807, 2.05) is 26.0 Å². The summed E-state index contributed by atoms with van der Waals surface area (Å²) in [5.74, 6) is 0. The third-order valence-electron chi connectivity index (χ3n) is 0.534. The van der Waals surface area contributed by atoms with Crippen LogP contribution in [0.25, 0.3) is 0 Å². The summed E-state index contributed by atoms with van der Waals surface area (Å²) in [5.41, 5.74) is 0. The molecule has 3 nitrogen and oxygen atoms in total. The summed E-state index contributed by atoms with van der Waals surface area (Å²) in [7, 11) is 6.00. The molecule has 1 heterocycles. The van der Waals surface area contributed by atoms with Gasteiger partial charge >= 0.3 is 0 Å². The Labute approximate surface area is 72.0 Å². The molecule has 0 bridgehead atoms. The zero-order chi connectivity index (χ0) is 8.69. The molecule has 4 heteroatoms. The second-order valence-electron chi connectivity index (χ2n) is 2.36. The maximum atomic E-state index is 5.32. The van der Waals surface area contributed by atoms with Crippen molar-refractivity contribution in [2.24, 2.45) is 0 Å². The Morgan fingerprint density at radius 2 is 1.55 bits per heavy atom. The molecule has 0 aliphatic rings. The maximum absolute atomic E-state index is 5.32. The van der Waals surface area contributed by atoms with E-state index >= 15 is 0 Å². The molecule has 1 rings (SSSR count). The van der Waals surface area contributed by atoms with Crippen LogP contribution in [0.4, 0.5) is 0 Å². The van der Waals surface area contributed by atoms with Gasteiger partial charge in [-0.1, -0.05) is 0 Å². The van der Waals surface area contributed by atoms with Crippen LogP contribution in [0.5, 0.6) is 0 Å². The molecular weight excluding hydrogens is 162 g/mol. The summed E-state index contributed by atoms with van der Waals surface area (Å²) in [4.78, 5) is 9.27. The lowest BCUT2D eigenvalue weighted by Gasteiger charge is -1.90. The predicted molar refractivity (Wildman–Crippen MR) is 46.7 cm³/mol. The minimum Gasteiger partial charge on any atom is -0.312 e. The van der Waals surface area contributed by atoms with Crippen molar-refractivity contribution in [1.29, 1.82) is 0 Å². The molecule has 1 aromatic rings. The average molecular weight is 174 g/mol. The van der Waals surface area contributed by atoms with Gasteiger partial charge in [-0.25, -0.2) is 9.97 Å². The Kier molecular flexibility index (Phi) is 5.70. The molecule has 0 atom stereocenters.